The van der Waals surface area contributed by atoms with Crippen LogP contribution in [0.15, 0.2) is 53.0 Å². The normalized spacial score (nSPS) is 25.5. The summed E-state index contributed by atoms with van der Waals surface area (Å²) >= 11 is 3.74. The Hall–Kier alpha value is -1.54. The fraction of sp³-hybridized carbons (Fsp3) is 0.300. The Balaban J connectivity index is 1.86. The van der Waals surface area contributed by atoms with Crippen molar-refractivity contribution >= 4 is 21.6 Å². The zero-order valence-corrected chi connectivity index (χ0v) is 14.5. The Morgan fingerprint density at radius 1 is 1.09 bits per heavy atom. The summed E-state index contributed by atoms with van der Waals surface area (Å²) in [6.45, 7) is 4.41. The van der Waals surface area contributed by atoms with E-state index in [1.165, 1.54) is 32.4 Å². The van der Waals surface area contributed by atoms with Gasteiger partial charge in [0.1, 0.15) is 0 Å². The van der Waals surface area contributed by atoms with Crippen molar-refractivity contribution in [3.63, 3.8) is 0 Å². The van der Waals surface area contributed by atoms with Crippen LogP contribution < -0.4 is 5.32 Å². The highest BCUT2D eigenvalue weighted by Gasteiger charge is 2.38. The molecule has 0 saturated heterocycles. The summed E-state index contributed by atoms with van der Waals surface area (Å²) < 4.78 is 1.20. The molecule has 2 aromatic rings. The van der Waals surface area contributed by atoms with Gasteiger partial charge in [-0.25, -0.2) is 0 Å². The van der Waals surface area contributed by atoms with Crippen molar-refractivity contribution in [2.75, 3.05) is 5.32 Å². The smallest absolute Gasteiger partial charge is 0.0565 e. The van der Waals surface area contributed by atoms with E-state index < -0.39 is 0 Å². The van der Waals surface area contributed by atoms with Gasteiger partial charge in [0.15, 0.2) is 0 Å². The summed E-state index contributed by atoms with van der Waals surface area (Å²) in [6, 6.07) is 13.6. The molecule has 0 unspecified atom stereocenters. The number of hydrogen-bond donors (Lipinski definition) is 1. The third kappa shape index (κ3) is 2.13. The molecule has 1 heterocycles. The fourth-order valence-electron chi connectivity index (χ4n) is 4.11. The van der Waals surface area contributed by atoms with E-state index in [2.05, 4.69) is 83.6 Å². The predicted molar refractivity (Wildman–Crippen MR) is 96.4 cm³/mol. The molecule has 1 N–H and O–H groups in total. The number of aryl methyl sites for hydroxylation is 2. The van der Waals surface area contributed by atoms with Crippen LogP contribution in [0.25, 0.3) is 0 Å². The lowest BCUT2D eigenvalue weighted by molar-refractivity contribution is 0.424. The molecule has 3 atom stereocenters. The molecular weight excluding hydrogens is 334 g/mol. The maximum Gasteiger partial charge on any atom is 0.0565 e. The summed E-state index contributed by atoms with van der Waals surface area (Å²) in [7, 11) is 0. The number of anilines is 1. The molecule has 22 heavy (non-hydrogen) atoms. The van der Waals surface area contributed by atoms with Crippen LogP contribution in [0.5, 0.6) is 0 Å². The van der Waals surface area contributed by atoms with Crippen LogP contribution in [0.2, 0.25) is 0 Å². The Bertz CT molecular complexity index is 762. The molecule has 0 fully saturated rings. The molecule has 0 saturated carbocycles. The van der Waals surface area contributed by atoms with Gasteiger partial charge >= 0.3 is 0 Å². The quantitative estimate of drug-likeness (QED) is 0.630. The summed E-state index contributed by atoms with van der Waals surface area (Å²) in [5.41, 5.74) is 6.88. The highest BCUT2D eigenvalue weighted by Crippen LogP contribution is 2.51. The van der Waals surface area contributed by atoms with Gasteiger partial charge in [0.05, 0.1) is 6.04 Å². The van der Waals surface area contributed by atoms with Gasteiger partial charge in [0.2, 0.25) is 0 Å². The van der Waals surface area contributed by atoms with Crippen molar-refractivity contribution in [2.45, 2.75) is 32.2 Å². The number of allylic oxidation sites excluding steroid dienone is 2. The lowest BCUT2D eigenvalue weighted by Gasteiger charge is -2.39. The molecule has 0 radical (unpaired) electrons. The van der Waals surface area contributed by atoms with Gasteiger partial charge in [0.25, 0.3) is 0 Å². The van der Waals surface area contributed by atoms with Crippen molar-refractivity contribution < 1.29 is 0 Å². The van der Waals surface area contributed by atoms with Crippen LogP contribution in [-0.4, -0.2) is 0 Å². The zero-order valence-electron chi connectivity index (χ0n) is 12.9. The lowest BCUT2D eigenvalue weighted by atomic mass is 9.76. The Labute approximate surface area is 140 Å². The number of halogens is 1. The van der Waals surface area contributed by atoms with E-state index in [9.17, 15) is 0 Å². The minimum Gasteiger partial charge on any atom is -0.377 e. The van der Waals surface area contributed by atoms with E-state index in [4.69, 9.17) is 0 Å². The molecule has 4 rings (SSSR count). The average molecular weight is 354 g/mol. The number of nitrogens with one attached hydrogen (secondary N) is 1. The molecule has 112 valence electrons. The molecule has 2 aromatic carbocycles. The van der Waals surface area contributed by atoms with Crippen LogP contribution in [0.4, 0.5) is 5.69 Å². The lowest BCUT2D eigenvalue weighted by Crippen LogP contribution is -2.30. The zero-order chi connectivity index (χ0) is 15.3. The number of benzene rings is 2. The monoisotopic (exact) mass is 353 g/mol. The summed E-state index contributed by atoms with van der Waals surface area (Å²) in [4.78, 5) is 0. The van der Waals surface area contributed by atoms with Crippen LogP contribution >= 0.6 is 15.9 Å². The highest BCUT2D eigenvalue weighted by atomic mass is 79.9. The molecule has 0 spiro atoms. The number of fused-ring (bicyclic) bond motifs is 3. The molecule has 0 amide bonds. The van der Waals surface area contributed by atoms with E-state index in [1.54, 1.807) is 0 Å². The second kappa shape index (κ2) is 5.27. The average Bonchev–Trinajstić information content (AvgIpc) is 2.97. The van der Waals surface area contributed by atoms with Gasteiger partial charge < -0.3 is 5.32 Å². The second-order valence-electron chi connectivity index (χ2n) is 6.54. The van der Waals surface area contributed by atoms with E-state index >= 15 is 0 Å². The van der Waals surface area contributed by atoms with Gasteiger partial charge in [-0.05, 0) is 48.9 Å². The first-order valence-corrected chi connectivity index (χ1v) is 8.73. The summed E-state index contributed by atoms with van der Waals surface area (Å²) in [6.07, 6.45) is 5.91. The molecule has 0 bridgehead atoms. The van der Waals surface area contributed by atoms with Gasteiger partial charge in [-0.3, -0.25) is 0 Å². The first kappa shape index (κ1) is 14.1. The maximum atomic E-state index is 3.85. The highest BCUT2D eigenvalue weighted by molar-refractivity contribution is 9.10. The van der Waals surface area contributed by atoms with E-state index in [-0.39, 0.29) is 0 Å². The van der Waals surface area contributed by atoms with Crippen LogP contribution in [0.3, 0.4) is 0 Å². The van der Waals surface area contributed by atoms with Crippen LogP contribution in [-0.2, 0) is 0 Å². The van der Waals surface area contributed by atoms with Gasteiger partial charge in [-0.1, -0.05) is 64.0 Å². The third-order valence-electron chi connectivity index (χ3n) is 5.05. The van der Waals surface area contributed by atoms with E-state index in [1.807, 2.05) is 0 Å². The van der Waals surface area contributed by atoms with Gasteiger partial charge in [0, 0.05) is 16.1 Å². The Kier molecular flexibility index (Phi) is 3.37. The van der Waals surface area contributed by atoms with Crippen LogP contribution in [0.1, 0.15) is 40.6 Å². The molecule has 0 aromatic heterocycles. The van der Waals surface area contributed by atoms with Crippen LogP contribution in [0, 0.1) is 19.8 Å². The van der Waals surface area contributed by atoms with Crippen molar-refractivity contribution in [1.29, 1.82) is 0 Å². The van der Waals surface area contributed by atoms with Crippen molar-refractivity contribution in [3.8, 4) is 0 Å². The minimum absolute atomic E-state index is 0.365. The Morgan fingerprint density at radius 2 is 1.91 bits per heavy atom. The van der Waals surface area contributed by atoms with Crippen molar-refractivity contribution in [2.24, 2.45) is 5.92 Å². The Morgan fingerprint density at radius 3 is 2.73 bits per heavy atom. The second-order valence-corrected chi connectivity index (χ2v) is 7.40. The number of rotatable bonds is 1. The molecule has 1 aliphatic carbocycles. The number of hydrogen-bond acceptors (Lipinski definition) is 1. The molecule has 1 nitrogen and oxygen atoms in total. The first-order valence-electron chi connectivity index (χ1n) is 7.94. The summed E-state index contributed by atoms with van der Waals surface area (Å²) in [5, 5.41) is 3.85. The first-order chi connectivity index (χ1) is 10.6. The minimum atomic E-state index is 0.365. The molecule has 2 aliphatic rings. The van der Waals surface area contributed by atoms with Gasteiger partial charge in [-0.2, -0.15) is 0 Å². The van der Waals surface area contributed by atoms with Gasteiger partial charge in [-0.15, -0.1) is 0 Å². The molecule has 1 aliphatic heterocycles. The SMILES string of the molecule is Cc1cc(C)c2c(c1)[C@@H]1C=CC[C@H]1[C@H](c1ccccc1Br)N2. The molecule has 2 heteroatoms. The maximum absolute atomic E-state index is 3.85. The largest absolute Gasteiger partial charge is 0.377 e. The summed E-state index contributed by atoms with van der Waals surface area (Å²) in [5.74, 6) is 1.14. The van der Waals surface area contributed by atoms with E-state index in [0.717, 1.165) is 6.42 Å². The van der Waals surface area contributed by atoms with Crippen molar-refractivity contribution in [3.05, 3.63) is 75.3 Å². The third-order valence-corrected chi connectivity index (χ3v) is 5.77. The molecular formula is C20H20BrN. The van der Waals surface area contributed by atoms with Crippen molar-refractivity contribution in [1.82, 2.24) is 0 Å². The van der Waals surface area contributed by atoms with E-state index in [0.29, 0.717) is 17.9 Å². The standard InChI is InChI=1S/C20H20BrN/c1-12-10-13(2)19-17(11-12)14-7-5-8-15(14)20(22-19)16-6-3-4-9-18(16)21/h3-7,9-11,14-15,20,22H,8H2,1-2H3/t14-,15-,20-/m1/s1. The fourth-order valence-corrected chi connectivity index (χ4v) is 4.64. The predicted octanol–water partition coefficient (Wildman–Crippen LogP) is 5.89. The topological polar surface area (TPSA) is 12.0 Å².